The summed E-state index contributed by atoms with van der Waals surface area (Å²) in [5, 5.41) is 10.2. The van der Waals surface area contributed by atoms with Crippen molar-refractivity contribution < 1.29 is 14.6 Å². The number of benzene rings is 1. The molecule has 1 aromatic rings. The van der Waals surface area contributed by atoms with E-state index in [0.29, 0.717) is 13.2 Å². The molecule has 0 bridgehead atoms. The minimum atomic E-state index is 0.199. The van der Waals surface area contributed by atoms with Gasteiger partial charge in [0.1, 0.15) is 0 Å². The molecule has 108 valence electrons. The summed E-state index contributed by atoms with van der Waals surface area (Å²) < 4.78 is 10.3. The van der Waals surface area contributed by atoms with E-state index in [1.807, 2.05) is 24.3 Å². The first-order valence-corrected chi connectivity index (χ1v) is 7.06. The van der Waals surface area contributed by atoms with Crippen LogP contribution >= 0.6 is 11.6 Å². The lowest BCUT2D eigenvalue weighted by atomic mass is 9.96. The molecule has 3 nitrogen and oxygen atoms in total. The topological polar surface area (TPSA) is 38.7 Å². The van der Waals surface area contributed by atoms with Crippen LogP contribution in [0, 0.1) is 5.92 Å². The highest BCUT2D eigenvalue weighted by Crippen LogP contribution is 2.17. The fourth-order valence-corrected chi connectivity index (χ4v) is 2.19. The molecular formula is C15H23ClO3. The number of methoxy groups -OCH3 is 1. The number of ether oxygens (including phenoxy) is 2. The zero-order chi connectivity index (χ0) is 13.9. The predicted molar refractivity (Wildman–Crippen MR) is 77.7 cm³/mol. The maximum absolute atomic E-state index is 9.40. The van der Waals surface area contributed by atoms with E-state index in [0.717, 1.165) is 30.9 Å². The molecule has 1 rings (SSSR count). The Kier molecular flexibility index (Phi) is 8.84. The zero-order valence-electron chi connectivity index (χ0n) is 11.5. The Balaban J connectivity index is 2.22. The Morgan fingerprint density at radius 2 is 2.11 bits per heavy atom. The van der Waals surface area contributed by atoms with Gasteiger partial charge < -0.3 is 14.6 Å². The summed E-state index contributed by atoms with van der Waals surface area (Å²) in [5.41, 5.74) is 1.17. The molecule has 19 heavy (non-hydrogen) atoms. The fourth-order valence-electron chi connectivity index (χ4n) is 1.97. The molecule has 0 aliphatic carbocycles. The van der Waals surface area contributed by atoms with Crippen molar-refractivity contribution in [1.82, 2.24) is 0 Å². The first-order valence-electron chi connectivity index (χ1n) is 6.68. The molecule has 0 saturated heterocycles. The van der Waals surface area contributed by atoms with E-state index in [4.69, 9.17) is 21.1 Å². The molecule has 0 aromatic heterocycles. The Bertz CT molecular complexity index is 344. The molecule has 0 aliphatic rings. The van der Waals surface area contributed by atoms with Crippen LogP contribution in [0.4, 0.5) is 0 Å². The Labute approximate surface area is 120 Å². The van der Waals surface area contributed by atoms with Crippen molar-refractivity contribution >= 4 is 11.6 Å². The van der Waals surface area contributed by atoms with Crippen LogP contribution < -0.4 is 0 Å². The van der Waals surface area contributed by atoms with Gasteiger partial charge >= 0.3 is 0 Å². The summed E-state index contributed by atoms with van der Waals surface area (Å²) >= 11 is 5.95. The maximum atomic E-state index is 9.40. The van der Waals surface area contributed by atoms with Crippen molar-refractivity contribution in [3.05, 3.63) is 34.9 Å². The van der Waals surface area contributed by atoms with Crippen molar-refractivity contribution in [2.24, 2.45) is 5.92 Å². The number of hydrogen-bond acceptors (Lipinski definition) is 3. The third-order valence-electron chi connectivity index (χ3n) is 3.00. The molecule has 0 saturated carbocycles. The van der Waals surface area contributed by atoms with Crippen LogP contribution in [-0.4, -0.2) is 38.6 Å². The van der Waals surface area contributed by atoms with Crippen molar-refractivity contribution in [2.75, 3.05) is 33.5 Å². The third kappa shape index (κ3) is 7.53. The monoisotopic (exact) mass is 286 g/mol. The van der Waals surface area contributed by atoms with Crippen LogP contribution in [0.1, 0.15) is 18.4 Å². The smallest absolute Gasteiger partial charge is 0.0700 e. The van der Waals surface area contributed by atoms with Gasteiger partial charge in [-0.2, -0.15) is 0 Å². The van der Waals surface area contributed by atoms with E-state index in [-0.39, 0.29) is 12.5 Å². The normalized spacial score (nSPS) is 12.6. The molecule has 0 spiro atoms. The standard InChI is InChI=1S/C15H23ClO3/c1-18-8-9-19-7-3-5-14(12-17)10-13-4-2-6-15(16)11-13/h2,4,6,11,14,17H,3,5,7-10,12H2,1H3. The van der Waals surface area contributed by atoms with E-state index in [2.05, 4.69) is 0 Å². The third-order valence-corrected chi connectivity index (χ3v) is 3.24. The van der Waals surface area contributed by atoms with Gasteiger partial charge in [-0.05, 0) is 42.9 Å². The molecule has 4 heteroatoms. The van der Waals surface area contributed by atoms with Crippen molar-refractivity contribution in [1.29, 1.82) is 0 Å². The average molecular weight is 287 g/mol. The van der Waals surface area contributed by atoms with Gasteiger partial charge in [-0.15, -0.1) is 0 Å². The van der Waals surface area contributed by atoms with Crippen LogP contribution in [0.3, 0.4) is 0 Å². The van der Waals surface area contributed by atoms with E-state index in [1.165, 1.54) is 5.56 Å². The van der Waals surface area contributed by atoms with Crippen molar-refractivity contribution in [2.45, 2.75) is 19.3 Å². The predicted octanol–water partition coefficient (Wildman–Crippen LogP) is 2.93. The number of aliphatic hydroxyl groups is 1. The highest BCUT2D eigenvalue weighted by atomic mass is 35.5. The molecule has 1 atom stereocenters. The molecule has 0 amide bonds. The minimum absolute atomic E-state index is 0.199. The van der Waals surface area contributed by atoms with Crippen LogP contribution in [0.2, 0.25) is 5.02 Å². The molecule has 0 heterocycles. The first kappa shape index (κ1) is 16.4. The van der Waals surface area contributed by atoms with Crippen LogP contribution in [-0.2, 0) is 15.9 Å². The summed E-state index contributed by atoms with van der Waals surface area (Å²) in [6.07, 6.45) is 2.76. The average Bonchev–Trinajstić information content (AvgIpc) is 2.41. The summed E-state index contributed by atoms with van der Waals surface area (Å²) in [4.78, 5) is 0. The second-order valence-corrected chi connectivity index (χ2v) is 5.07. The number of rotatable bonds is 10. The highest BCUT2D eigenvalue weighted by molar-refractivity contribution is 6.30. The number of halogens is 1. The molecule has 0 radical (unpaired) electrons. The van der Waals surface area contributed by atoms with Gasteiger partial charge in [0, 0.05) is 25.3 Å². The Morgan fingerprint density at radius 3 is 2.79 bits per heavy atom. The lowest BCUT2D eigenvalue weighted by Crippen LogP contribution is -2.11. The number of aliphatic hydroxyl groups excluding tert-OH is 1. The lowest BCUT2D eigenvalue weighted by Gasteiger charge is -2.14. The van der Waals surface area contributed by atoms with Gasteiger partial charge in [0.2, 0.25) is 0 Å². The number of hydrogen-bond donors (Lipinski definition) is 1. The summed E-state index contributed by atoms with van der Waals surface area (Å²) in [6.45, 7) is 2.18. The Hall–Kier alpha value is -0.610. The summed E-state index contributed by atoms with van der Waals surface area (Å²) in [6, 6.07) is 7.81. The molecule has 0 aliphatic heterocycles. The van der Waals surface area contributed by atoms with Gasteiger partial charge in [0.05, 0.1) is 13.2 Å². The summed E-state index contributed by atoms with van der Waals surface area (Å²) in [7, 11) is 1.66. The quantitative estimate of drug-likeness (QED) is 0.672. The van der Waals surface area contributed by atoms with E-state index < -0.39 is 0 Å². The van der Waals surface area contributed by atoms with Gasteiger partial charge in [-0.25, -0.2) is 0 Å². The zero-order valence-corrected chi connectivity index (χ0v) is 12.2. The van der Waals surface area contributed by atoms with E-state index in [1.54, 1.807) is 7.11 Å². The second-order valence-electron chi connectivity index (χ2n) is 4.63. The SMILES string of the molecule is COCCOCCCC(CO)Cc1cccc(Cl)c1. The van der Waals surface area contributed by atoms with Crippen LogP contribution in [0.5, 0.6) is 0 Å². The largest absolute Gasteiger partial charge is 0.396 e. The van der Waals surface area contributed by atoms with E-state index >= 15 is 0 Å². The van der Waals surface area contributed by atoms with Gasteiger partial charge in [0.25, 0.3) is 0 Å². The lowest BCUT2D eigenvalue weighted by molar-refractivity contribution is 0.0657. The summed E-state index contributed by atoms with van der Waals surface area (Å²) in [5.74, 6) is 0.268. The van der Waals surface area contributed by atoms with Gasteiger partial charge in [-0.1, -0.05) is 23.7 Å². The molecular weight excluding hydrogens is 264 g/mol. The molecule has 1 unspecified atom stereocenters. The van der Waals surface area contributed by atoms with Crippen molar-refractivity contribution in [3.8, 4) is 0 Å². The minimum Gasteiger partial charge on any atom is -0.396 e. The molecule has 1 aromatic carbocycles. The molecule has 1 N–H and O–H groups in total. The Morgan fingerprint density at radius 1 is 1.26 bits per heavy atom. The highest BCUT2D eigenvalue weighted by Gasteiger charge is 2.08. The van der Waals surface area contributed by atoms with Gasteiger partial charge in [0.15, 0.2) is 0 Å². The first-order chi connectivity index (χ1) is 9.26. The van der Waals surface area contributed by atoms with Crippen LogP contribution in [0.25, 0.3) is 0 Å². The maximum Gasteiger partial charge on any atom is 0.0700 e. The van der Waals surface area contributed by atoms with Gasteiger partial charge in [-0.3, -0.25) is 0 Å². The fraction of sp³-hybridized carbons (Fsp3) is 0.600. The second kappa shape index (κ2) is 10.2. The van der Waals surface area contributed by atoms with Crippen LogP contribution in [0.15, 0.2) is 24.3 Å². The molecule has 0 fully saturated rings. The van der Waals surface area contributed by atoms with E-state index in [9.17, 15) is 5.11 Å². The van der Waals surface area contributed by atoms with Crippen molar-refractivity contribution in [3.63, 3.8) is 0 Å².